The fraction of sp³-hybridized carbons (Fsp3) is 0.273. The van der Waals surface area contributed by atoms with Gasteiger partial charge in [0.2, 0.25) is 4.45 Å². The van der Waals surface area contributed by atoms with Crippen LogP contribution in [0.3, 0.4) is 0 Å². The van der Waals surface area contributed by atoms with Crippen LogP contribution >= 0.6 is 23.4 Å². The van der Waals surface area contributed by atoms with Crippen molar-refractivity contribution in [2.45, 2.75) is 16.3 Å². The van der Waals surface area contributed by atoms with Crippen molar-refractivity contribution in [3.8, 4) is 0 Å². The second kappa shape index (κ2) is 9.23. The molecule has 1 atom stereocenters. The van der Waals surface area contributed by atoms with E-state index >= 15 is 0 Å². The number of halogens is 1. The zero-order valence-electron chi connectivity index (χ0n) is 18.2. The van der Waals surface area contributed by atoms with Crippen LogP contribution in [0.5, 0.6) is 0 Å². The maximum absolute atomic E-state index is 12.5. The highest BCUT2D eigenvalue weighted by molar-refractivity contribution is 8.05. The number of rotatable bonds is 6. The summed E-state index contributed by atoms with van der Waals surface area (Å²) in [4.78, 5) is 13.1. The third kappa shape index (κ3) is 4.41. The molecular weight excluding hydrogens is 498 g/mol. The fourth-order valence-electron chi connectivity index (χ4n) is 3.80. The summed E-state index contributed by atoms with van der Waals surface area (Å²) in [6.45, 7) is 4.42. The molecule has 0 aliphatic carbocycles. The summed E-state index contributed by atoms with van der Waals surface area (Å²) in [5.74, 6) is 1.31. The first-order valence-electron chi connectivity index (χ1n) is 10.5. The molecule has 9 nitrogen and oxygen atoms in total. The average molecular weight is 520 g/mol. The van der Waals surface area contributed by atoms with Crippen molar-refractivity contribution in [2.24, 2.45) is 0 Å². The van der Waals surface area contributed by atoms with Gasteiger partial charge in [-0.15, -0.1) is 0 Å². The zero-order chi connectivity index (χ0) is 23.8. The number of aryl methyl sites for hydroxylation is 1. The van der Waals surface area contributed by atoms with E-state index in [0.29, 0.717) is 43.6 Å². The molecular formula is C22H22ClN5O4S2. The number of ether oxygens (including phenoxy) is 1. The molecule has 1 fully saturated rings. The number of hydrogen-bond donors (Lipinski definition) is 1. The smallest absolute Gasteiger partial charge is 0.265 e. The van der Waals surface area contributed by atoms with Gasteiger partial charge in [-0.2, -0.15) is 0 Å². The van der Waals surface area contributed by atoms with Crippen LogP contribution in [-0.2, 0) is 14.8 Å². The van der Waals surface area contributed by atoms with E-state index in [0.717, 1.165) is 11.3 Å². The minimum absolute atomic E-state index is 0.0641. The third-order valence-corrected chi connectivity index (χ3v) is 8.58. The van der Waals surface area contributed by atoms with Gasteiger partial charge in [0.15, 0.2) is 0 Å². The summed E-state index contributed by atoms with van der Waals surface area (Å²) in [6, 6.07) is 10.4. The lowest BCUT2D eigenvalue weighted by molar-refractivity contribution is 0.0266. The van der Waals surface area contributed by atoms with Gasteiger partial charge in [0, 0.05) is 30.4 Å². The van der Waals surface area contributed by atoms with E-state index in [9.17, 15) is 8.42 Å². The Bertz CT molecular complexity index is 1300. The van der Waals surface area contributed by atoms with Crippen molar-refractivity contribution in [3.05, 3.63) is 71.9 Å². The van der Waals surface area contributed by atoms with E-state index in [2.05, 4.69) is 19.6 Å². The van der Waals surface area contributed by atoms with Crippen LogP contribution < -0.4 is 9.62 Å². The number of aromatic nitrogens is 2. The van der Waals surface area contributed by atoms with Crippen molar-refractivity contribution < 1.29 is 17.6 Å². The molecule has 1 unspecified atom stereocenters. The summed E-state index contributed by atoms with van der Waals surface area (Å²) < 4.78 is 37.0. The number of furan rings is 1. The van der Waals surface area contributed by atoms with Crippen molar-refractivity contribution in [2.75, 3.05) is 35.9 Å². The highest BCUT2D eigenvalue weighted by Crippen LogP contribution is 2.51. The standard InChI is InChI=1S/C22H22ClN5O4S2/c1-16-24-8-6-21(25-16)28-20(15-33-22(28,23)27-9-12-31-13-10-27)17-2-4-18(5-3-17)26-34(29,30)19-7-11-32-14-19/h2-8,11,14-15,26H,9-10,12-13H2,1H3. The molecule has 0 radical (unpaired) electrons. The van der Waals surface area contributed by atoms with E-state index < -0.39 is 14.5 Å². The van der Waals surface area contributed by atoms with Gasteiger partial charge in [0.25, 0.3) is 10.0 Å². The molecule has 2 aliphatic heterocycles. The Kier molecular flexibility index (Phi) is 6.30. The molecule has 1 saturated heterocycles. The topological polar surface area (TPSA) is 101 Å². The highest BCUT2D eigenvalue weighted by Gasteiger charge is 2.48. The van der Waals surface area contributed by atoms with Crippen LogP contribution in [0.25, 0.3) is 5.70 Å². The first-order chi connectivity index (χ1) is 16.4. The molecule has 1 aromatic carbocycles. The molecule has 0 spiro atoms. The molecule has 0 amide bonds. The van der Waals surface area contributed by atoms with Gasteiger partial charge in [-0.25, -0.2) is 18.4 Å². The van der Waals surface area contributed by atoms with Gasteiger partial charge >= 0.3 is 0 Å². The second-order valence-corrected chi connectivity index (χ2v) is 11.2. The number of benzene rings is 1. The molecule has 2 aliphatic rings. The predicted molar refractivity (Wildman–Crippen MR) is 132 cm³/mol. The molecule has 4 heterocycles. The maximum Gasteiger partial charge on any atom is 0.265 e. The number of sulfonamides is 1. The fourth-order valence-corrected chi connectivity index (χ4v) is 6.39. The van der Waals surface area contributed by atoms with Crippen LogP contribution in [0, 0.1) is 6.92 Å². The van der Waals surface area contributed by atoms with E-state index in [1.165, 1.54) is 30.4 Å². The molecule has 2 aromatic heterocycles. The second-order valence-electron chi connectivity index (χ2n) is 7.69. The summed E-state index contributed by atoms with van der Waals surface area (Å²) in [5.41, 5.74) is 2.16. The summed E-state index contributed by atoms with van der Waals surface area (Å²) in [6.07, 6.45) is 4.21. The first-order valence-corrected chi connectivity index (χ1v) is 13.3. The maximum atomic E-state index is 12.5. The van der Waals surface area contributed by atoms with Crippen LogP contribution in [0.15, 0.2) is 69.8 Å². The van der Waals surface area contributed by atoms with E-state index in [-0.39, 0.29) is 4.90 Å². The average Bonchev–Trinajstić information content (AvgIpc) is 3.50. The molecule has 178 valence electrons. The van der Waals surface area contributed by atoms with Gasteiger partial charge in [-0.1, -0.05) is 35.5 Å². The number of alkyl halides is 1. The Morgan fingerprint density at radius 3 is 2.59 bits per heavy atom. The molecule has 12 heteroatoms. The van der Waals surface area contributed by atoms with Crippen molar-refractivity contribution >= 4 is 50.6 Å². The Hall–Kier alpha value is -2.57. The molecule has 0 saturated carbocycles. The molecule has 3 aromatic rings. The lowest BCUT2D eigenvalue weighted by atomic mass is 10.1. The van der Waals surface area contributed by atoms with Crippen molar-refractivity contribution in [1.29, 1.82) is 0 Å². The molecule has 1 N–H and O–H groups in total. The lowest BCUT2D eigenvalue weighted by Gasteiger charge is -2.44. The monoisotopic (exact) mass is 519 g/mol. The van der Waals surface area contributed by atoms with Gasteiger partial charge in [-0.3, -0.25) is 14.5 Å². The van der Waals surface area contributed by atoms with E-state index in [1.54, 1.807) is 18.3 Å². The number of thioether (sulfide) groups is 1. The molecule has 0 bridgehead atoms. The Labute approximate surface area is 206 Å². The number of nitrogens with zero attached hydrogens (tertiary/aromatic N) is 4. The van der Waals surface area contributed by atoms with Crippen LogP contribution in [0.4, 0.5) is 11.5 Å². The Balaban J connectivity index is 1.46. The number of hydrogen-bond acceptors (Lipinski definition) is 9. The van der Waals surface area contributed by atoms with Gasteiger partial charge < -0.3 is 9.15 Å². The Morgan fingerprint density at radius 2 is 1.91 bits per heavy atom. The predicted octanol–water partition coefficient (Wildman–Crippen LogP) is 3.91. The normalized spacial score (nSPS) is 21.5. The number of morpholine rings is 1. The molecule has 5 rings (SSSR count). The van der Waals surface area contributed by atoms with Gasteiger partial charge in [0.05, 0.1) is 25.2 Å². The highest BCUT2D eigenvalue weighted by atomic mass is 35.5. The summed E-state index contributed by atoms with van der Waals surface area (Å²) >= 11 is 8.76. The van der Waals surface area contributed by atoms with Crippen molar-refractivity contribution in [1.82, 2.24) is 14.9 Å². The Morgan fingerprint density at radius 1 is 1.15 bits per heavy atom. The largest absolute Gasteiger partial charge is 0.471 e. The summed E-state index contributed by atoms with van der Waals surface area (Å²) in [5, 5.41) is 2.00. The van der Waals surface area contributed by atoms with Gasteiger partial charge in [0.1, 0.15) is 22.8 Å². The minimum atomic E-state index is -3.72. The third-order valence-electron chi connectivity index (χ3n) is 5.47. The summed E-state index contributed by atoms with van der Waals surface area (Å²) in [7, 11) is -3.72. The number of nitrogens with one attached hydrogen (secondary N) is 1. The number of anilines is 2. The first kappa shape index (κ1) is 23.2. The van der Waals surface area contributed by atoms with Gasteiger partial charge in [-0.05, 0) is 36.8 Å². The van der Waals surface area contributed by atoms with Crippen LogP contribution in [-0.4, -0.2) is 54.0 Å². The quantitative estimate of drug-likeness (QED) is 0.383. The van der Waals surface area contributed by atoms with Crippen LogP contribution in [0.1, 0.15) is 11.4 Å². The van der Waals surface area contributed by atoms with Crippen LogP contribution in [0.2, 0.25) is 0 Å². The lowest BCUT2D eigenvalue weighted by Crippen LogP contribution is -2.55. The van der Waals surface area contributed by atoms with Crippen molar-refractivity contribution in [3.63, 3.8) is 0 Å². The van der Waals surface area contributed by atoms with E-state index in [4.69, 9.17) is 20.8 Å². The van der Waals surface area contributed by atoms with E-state index in [1.807, 2.05) is 35.4 Å². The SMILES string of the molecule is Cc1nccc(N2C(c3ccc(NS(=O)(=O)c4ccoc4)cc3)=CSC2(Cl)N2CCOCC2)n1. The zero-order valence-corrected chi connectivity index (χ0v) is 20.6. The minimum Gasteiger partial charge on any atom is -0.471 e. The molecule has 34 heavy (non-hydrogen) atoms.